The van der Waals surface area contributed by atoms with E-state index in [0.29, 0.717) is 35.1 Å². The predicted molar refractivity (Wildman–Crippen MR) is 102 cm³/mol. The number of ether oxygens (including phenoxy) is 1. The molecule has 29 heavy (non-hydrogen) atoms. The van der Waals surface area contributed by atoms with Crippen molar-refractivity contribution >= 4 is 5.91 Å². The molecule has 1 fully saturated rings. The van der Waals surface area contributed by atoms with Crippen molar-refractivity contribution in [3.63, 3.8) is 0 Å². The summed E-state index contributed by atoms with van der Waals surface area (Å²) in [4.78, 5) is 23.0. The molecule has 0 spiro atoms. The second-order valence-corrected chi connectivity index (χ2v) is 6.73. The summed E-state index contributed by atoms with van der Waals surface area (Å²) in [5, 5.41) is 13.1. The van der Waals surface area contributed by atoms with Crippen LogP contribution in [-0.2, 0) is 4.79 Å². The Kier molecular flexibility index (Phi) is 5.47. The number of nitriles is 1. The third-order valence-corrected chi connectivity index (χ3v) is 4.78. The highest BCUT2D eigenvalue weighted by molar-refractivity contribution is 5.78. The lowest BCUT2D eigenvalue weighted by atomic mass is 10.0. The summed E-state index contributed by atoms with van der Waals surface area (Å²) in [5.74, 6) is 1.27. The lowest BCUT2D eigenvalue weighted by Crippen LogP contribution is -2.41. The molecule has 1 aromatic carbocycles. The van der Waals surface area contributed by atoms with Gasteiger partial charge in [-0.15, -0.1) is 0 Å². The van der Waals surface area contributed by atoms with Crippen LogP contribution in [0, 0.1) is 11.3 Å². The topological polar surface area (TPSA) is 105 Å². The van der Waals surface area contributed by atoms with Gasteiger partial charge in [-0.05, 0) is 37.5 Å². The Morgan fingerprint density at radius 1 is 1.28 bits per heavy atom. The molecule has 1 aliphatic heterocycles. The van der Waals surface area contributed by atoms with Crippen LogP contribution in [0.15, 0.2) is 53.3 Å². The molecule has 0 aliphatic carbocycles. The van der Waals surface area contributed by atoms with Crippen LogP contribution in [0.5, 0.6) is 5.75 Å². The fraction of sp³-hybridized carbons (Fsp3) is 0.286. The van der Waals surface area contributed by atoms with Crippen molar-refractivity contribution in [2.75, 3.05) is 13.2 Å². The highest BCUT2D eigenvalue weighted by Crippen LogP contribution is 2.31. The average Bonchev–Trinajstić information content (AvgIpc) is 3.28. The summed E-state index contributed by atoms with van der Waals surface area (Å²) in [6, 6.07) is 12.6. The molecule has 1 saturated heterocycles. The van der Waals surface area contributed by atoms with E-state index in [1.807, 2.05) is 36.4 Å². The first-order valence-corrected chi connectivity index (χ1v) is 9.41. The molecule has 0 bridgehead atoms. The number of carbonyl (C=O) groups is 1. The number of amides is 1. The van der Waals surface area contributed by atoms with Crippen LogP contribution in [0.3, 0.4) is 0 Å². The molecule has 3 heterocycles. The van der Waals surface area contributed by atoms with Crippen molar-refractivity contribution < 1.29 is 14.1 Å². The summed E-state index contributed by atoms with van der Waals surface area (Å²) in [7, 11) is 0. The smallest absolute Gasteiger partial charge is 0.261 e. The Bertz CT molecular complexity index is 1030. The third-order valence-electron chi connectivity index (χ3n) is 4.78. The van der Waals surface area contributed by atoms with Crippen LogP contribution in [0.2, 0.25) is 0 Å². The molecule has 0 N–H and O–H groups in total. The number of benzene rings is 1. The maximum Gasteiger partial charge on any atom is 0.261 e. The van der Waals surface area contributed by atoms with Gasteiger partial charge >= 0.3 is 0 Å². The molecule has 8 heteroatoms. The maximum atomic E-state index is 12.8. The van der Waals surface area contributed by atoms with Crippen LogP contribution in [0.25, 0.3) is 11.4 Å². The van der Waals surface area contributed by atoms with Crippen LogP contribution in [-0.4, -0.2) is 39.1 Å². The van der Waals surface area contributed by atoms with Crippen molar-refractivity contribution in [3.8, 4) is 23.2 Å². The fourth-order valence-corrected chi connectivity index (χ4v) is 3.34. The van der Waals surface area contributed by atoms with Gasteiger partial charge in [-0.2, -0.15) is 10.2 Å². The molecular formula is C21H19N5O3. The predicted octanol–water partition coefficient (Wildman–Crippen LogP) is 3.14. The minimum atomic E-state index is -0.288. The van der Waals surface area contributed by atoms with E-state index in [1.165, 1.54) is 6.20 Å². The number of likely N-dealkylation sites (tertiary alicyclic amines) is 1. The second kappa shape index (κ2) is 8.52. The number of rotatable bonds is 5. The molecule has 1 amide bonds. The van der Waals surface area contributed by atoms with Gasteiger partial charge in [-0.1, -0.05) is 23.4 Å². The number of nitrogens with zero attached hydrogens (tertiary/aromatic N) is 5. The number of para-hydroxylation sites is 1. The molecule has 146 valence electrons. The van der Waals surface area contributed by atoms with Crippen molar-refractivity contribution in [1.82, 2.24) is 20.0 Å². The molecule has 8 nitrogen and oxygen atoms in total. The van der Waals surface area contributed by atoms with Gasteiger partial charge in [-0.3, -0.25) is 9.78 Å². The van der Waals surface area contributed by atoms with Gasteiger partial charge in [0.15, 0.2) is 6.61 Å². The number of aromatic nitrogens is 3. The van der Waals surface area contributed by atoms with Crippen molar-refractivity contribution in [2.24, 2.45) is 0 Å². The van der Waals surface area contributed by atoms with E-state index < -0.39 is 0 Å². The van der Waals surface area contributed by atoms with E-state index in [4.69, 9.17) is 14.5 Å². The first-order chi connectivity index (χ1) is 14.2. The van der Waals surface area contributed by atoms with Gasteiger partial charge in [0, 0.05) is 24.5 Å². The SMILES string of the molecule is N#Cc1cncc(-c2noc(C3CCCCN3C(=O)COc3ccccc3)n2)c1. The van der Waals surface area contributed by atoms with E-state index in [-0.39, 0.29) is 18.6 Å². The lowest BCUT2D eigenvalue weighted by molar-refractivity contribution is -0.138. The summed E-state index contributed by atoms with van der Waals surface area (Å²) < 4.78 is 11.1. The van der Waals surface area contributed by atoms with Gasteiger partial charge < -0.3 is 14.2 Å². The molecule has 1 unspecified atom stereocenters. The quantitative estimate of drug-likeness (QED) is 0.660. The van der Waals surface area contributed by atoms with Crippen molar-refractivity contribution in [3.05, 3.63) is 60.2 Å². The molecule has 2 aromatic heterocycles. The number of pyridine rings is 1. The zero-order chi connectivity index (χ0) is 20.1. The highest BCUT2D eigenvalue weighted by Gasteiger charge is 2.32. The summed E-state index contributed by atoms with van der Waals surface area (Å²) in [5.41, 5.74) is 1.02. The molecule has 1 atom stereocenters. The van der Waals surface area contributed by atoms with Crippen LogP contribution >= 0.6 is 0 Å². The van der Waals surface area contributed by atoms with E-state index >= 15 is 0 Å². The Labute approximate surface area is 167 Å². The Hall–Kier alpha value is -3.73. The Morgan fingerprint density at radius 3 is 2.97 bits per heavy atom. The summed E-state index contributed by atoms with van der Waals surface area (Å²) in [6.07, 6.45) is 5.68. The van der Waals surface area contributed by atoms with E-state index in [0.717, 1.165) is 19.3 Å². The van der Waals surface area contributed by atoms with E-state index in [9.17, 15) is 4.79 Å². The van der Waals surface area contributed by atoms with Gasteiger partial charge in [0.05, 0.1) is 5.56 Å². The van der Waals surface area contributed by atoms with Crippen LogP contribution in [0.1, 0.15) is 36.8 Å². The monoisotopic (exact) mass is 389 g/mol. The standard InChI is InChI=1S/C21H19N5O3/c22-11-15-10-16(13-23-12-15)20-24-21(29-25-20)18-8-4-5-9-26(18)19(27)14-28-17-6-2-1-3-7-17/h1-3,6-7,10,12-13,18H,4-5,8-9,14H2. The normalized spacial score (nSPS) is 16.2. The molecule has 0 radical (unpaired) electrons. The number of hydrogen-bond donors (Lipinski definition) is 0. The maximum absolute atomic E-state index is 12.8. The second-order valence-electron chi connectivity index (χ2n) is 6.73. The number of hydrogen-bond acceptors (Lipinski definition) is 7. The summed E-state index contributed by atoms with van der Waals surface area (Å²) >= 11 is 0. The van der Waals surface area contributed by atoms with Gasteiger partial charge in [0.25, 0.3) is 5.91 Å². The Morgan fingerprint density at radius 2 is 2.14 bits per heavy atom. The zero-order valence-corrected chi connectivity index (χ0v) is 15.7. The molecule has 3 aromatic rings. The molecule has 4 rings (SSSR count). The van der Waals surface area contributed by atoms with Crippen LogP contribution in [0.4, 0.5) is 0 Å². The number of piperidine rings is 1. The largest absolute Gasteiger partial charge is 0.484 e. The van der Waals surface area contributed by atoms with Gasteiger partial charge in [0.1, 0.15) is 17.9 Å². The molecule has 1 aliphatic rings. The van der Waals surface area contributed by atoms with Crippen molar-refractivity contribution in [1.29, 1.82) is 5.26 Å². The van der Waals surface area contributed by atoms with Crippen LogP contribution < -0.4 is 4.74 Å². The third kappa shape index (κ3) is 4.24. The van der Waals surface area contributed by atoms with E-state index in [1.54, 1.807) is 17.2 Å². The van der Waals surface area contributed by atoms with Crippen molar-refractivity contribution in [2.45, 2.75) is 25.3 Å². The van der Waals surface area contributed by atoms with Gasteiger partial charge in [-0.25, -0.2) is 0 Å². The molecular weight excluding hydrogens is 370 g/mol. The molecule has 0 saturated carbocycles. The average molecular weight is 389 g/mol. The Balaban J connectivity index is 1.49. The number of carbonyl (C=O) groups excluding carboxylic acids is 1. The minimum absolute atomic E-state index is 0.0460. The first-order valence-electron chi connectivity index (χ1n) is 9.41. The fourth-order valence-electron chi connectivity index (χ4n) is 3.34. The summed E-state index contributed by atoms with van der Waals surface area (Å²) in [6.45, 7) is 0.570. The minimum Gasteiger partial charge on any atom is -0.484 e. The zero-order valence-electron chi connectivity index (χ0n) is 15.7. The van der Waals surface area contributed by atoms with E-state index in [2.05, 4.69) is 15.1 Å². The lowest BCUT2D eigenvalue weighted by Gasteiger charge is -2.33. The first kappa shape index (κ1) is 18.6. The van der Waals surface area contributed by atoms with Gasteiger partial charge in [0.2, 0.25) is 11.7 Å². The highest BCUT2D eigenvalue weighted by atomic mass is 16.5.